The summed E-state index contributed by atoms with van der Waals surface area (Å²) in [4.78, 5) is 0. The molecule has 0 rings (SSSR count). The van der Waals surface area contributed by atoms with E-state index in [2.05, 4.69) is 16.8 Å². The molecule has 1 heteroatoms. The van der Waals surface area contributed by atoms with Crippen LogP contribution in [0.5, 0.6) is 0 Å². The van der Waals surface area contributed by atoms with Crippen LogP contribution in [0.25, 0.3) is 0 Å². The quantitative estimate of drug-likeness (QED) is 0.405. The molecular weight excluding hydrogens is 179 g/mol. The zero-order valence-corrected chi connectivity index (χ0v) is 10.1. The van der Waals surface area contributed by atoms with E-state index in [1.807, 2.05) is 0 Å². The van der Waals surface area contributed by atoms with Crippen molar-refractivity contribution in [2.24, 2.45) is 0 Å². The third-order valence-corrected chi connectivity index (χ3v) is 1.56. The predicted molar refractivity (Wildman–Crippen MR) is 32.6 cm³/mol. The summed E-state index contributed by atoms with van der Waals surface area (Å²) in [7, 11) is 0. The zero-order valence-electron chi connectivity index (χ0n) is 4.41. The molecule has 0 nitrogen and oxygen atoms in total. The van der Waals surface area contributed by atoms with Crippen LogP contribution in [0.15, 0.2) is 0 Å². The Kier molecular flexibility index (Phi) is 5.68. The van der Waals surface area contributed by atoms with Gasteiger partial charge < -0.3 is 0 Å². The molecule has 0 aliphatic carbocycles. The molecule has 0 saturated heterocycles. The first-order valence-corrected chi connectivity index (χ1v) is 5.16. The van der Waals surface area contributed by atoms with Crippen molar-refractivity contribution < 1.29 is 0 Å². The summed E-state index contributed by atoms with van der Waals surface area (Å²) < 4.78 is 3.03. The molecule has 0 saturated carbocycles. The molecule has 0 amide bonds. The number of hydrogen-bond acceptors (Lipinski definition) is 0. The van der Waals surface area contributed by atoms with Crippen molar-refractivity contribution in [2.75, 3.05) is 0 Å². The van der Waals surface area contributed by atoms with E-state index in [0.29, 0.717) is 22.5 Å². The van der Waals surface area contributed by atoms with Gasteiger partial charge in [0.15, 0.2) is 0 Å². The van der Waals surface area contributed by atoms with E-state index in [4.69, 9.17) is 0 Å². The Morgan fingerprint density at radius 3 is 2.50 bits per heavy atom. The summed E-state index contributed by atoms with van der Waals surface area (Å²) in [5, 5.41) is 0. The van der Waals surface area contributed by atoms with Gasteiger partial charge in [-0.25, -0.2) is 0 Å². The van der Waals surface area contributed by atoms with Crippen molar-refractivity contribution in [1.29, 1.82) is 0 Å². The third kappa shape index (κ3) is 4.36. The molecule has 0 radical (unpaired) electrons. The molecule has 0 spiro atoms. The first-order chi connectivity index (χ1) is 2.91. The first kappa shape index (κ1) is 6.36. The maximum absolute atomic E-state index is 3.04. The van der Waals surface area contributed by atoms with E-state index in [0.717, 1.165) is 6.42 Å². The van der Waals surface area contributed by atoms with Crippen LogP contribution in [0.4, 0.5) is 0 Å². The number of unbranched alkanes of at least 4 members (excludes halogenated alkanes) is 1. The van der Waals surface area contributed by atoms with Gasteiger partial charge in [0.2, 0.25) is 0 Å². The molecule has 0 aromatic heterocycles. The Balaban J connectivity index is 2.79. The van der Waals surface area contributed by atoms with E-state index in [1.165, 1.54) is 6.42 Å². The SMILES string of the molecule is CCCC#[C][SnH3]. The van der Waals surface area contributed by atoms with Crippen LogP contribution in [0.2, 0.25) is 0 Å². The summed E-state index contributed by atoms with van der Waals surface area (Å²) in [5.74, 6) is 3.04. The standard InChI is InChI=1S/C5H7.Sn.3H/c1-3-5-4-2;;;;/h3,5H2,1H3;;;;. The van der Waals surface area contributed by atoms with E-state index in [-0.39, 0.29) is 0 Å². The average Bonchev–Trinajstić information content (AvgIpc) is 1.61. The average molecular weight is 189 g/mol. The van der Waals surface area contributed by atoms with Crippen molar-refractivity contribution >= 4 is 22.5 Å². The van der Waals surface area contributed by atoms with Crippen LogP contribution in [0.1, 0.15) is 19.8 Å². The van der Waals surface area contributed by atoms with Crippen molar-refractivity contribution in [3.63, 3.8) is 0 Å². The molecular formula is C5H10Sn. The molecule has 0 unspecified atom stereocenters. The van der Waals surface area contributed by atoms with Gasteiger partial charge >= 0.3 is 52.1 Å². The van der Waals surface area contributed by atoms with Crippen LogP contribution >= 0.6 is 0 Å². The Morgan fingerprint density at radius 2 is 2.33 bits per heavy atom. The molecule has 0 N–H and O–H groups in total. The van der Waals surface area contributed by atoms with Crippen LogP contribution in [-0.2, 0) is 0 Å². The van der Waals surface area contributed by atoms with Gasteiger partial charge in [-0.1, -0.05) is 0 Å². The van der Waals surface area contributed by atoms with E-state index >= 15 is 0 Å². The minimum atomic E-state index is 0.618. The minimum absolute atomic E-state index is 0.618. The fourth-order valence-corrected chi connectivity index (χ4v) is 0.964. The molecule has 0 aromatic rings. The molecule has 0 atom stereocenters. The monoisotopic (exact) mass is 190 g/mol. The normalized spacial score (nSPS) is 6.83. The van der Waals surface area contributed by atoms with Crippen molar-refractivity contribution in [2.45, 2.75) is 19.8 Å². The molecule has 0 heterocycles. The Bertz CT molecular complexity index is 65.7. The zero-order chi connectivity index (χ0) is 4.83. The second-order valence-corrected chi connectivity index (χ2v) is 2.60. The van der Waals surface area contributed by atoms with Gasteiger partial charge in [0, 0.05) is 0 Å². The van der Waals surface area contributed by atoms with Crippen molar-refractivity contribution in [3.8, 4) is 9.86 Å². The third-order valence-electron chi connectivity index (χ3n) is 0.552. The number of hydrogen-bond donors (Lipinski definition) is 0. The summed E-state index contributed by atoms with van der Waals surface area (Å²) in [6, 6.07) is 0. The number of rotatable bonds is 1. The van der Waals surface area contributed by atoms with E-state index in [9.17, 15) is 0 Å². The second-order valence-electron chi connectivity index (χ2n) is 1.18. The Hall–Kier alpha value is 0.359. The van der Waals surface area contributed by atoms with Gasteiger partial charge in [-0.15, -0.1) is 0 Å². The van der Waals surface area contributed by atoms with Gasteiger partial charge in [0.05, 0.1) is 0 Å². The van der Waals surface area contributed by atoms with Crippen LogP contribution in [-0.4, -0.2) is 22.5 Å². The predicted octanol–water partition coefficient (Wildman–Crippen LogP) is 0.113. The van der Waals surface area contributed by atoms with E-state index in [1.54, 1.807) is 0 Å². The molecule has 34 valence electrons. The fourth-order valence-electron chi connectivity index (χ4n) is 0.250. The van der Waals surface area contributed by atoms with Crippen LogP contribution in [0.3, 0.4) is 0 Å². The van der Waals surface area contributed by atoms with Gasteiger partial charge in [-0.2, -0.15) is 0 Å². The first-order valence-electron chi connectivity index (χ1n) is 2.31. The molecule has 0 aliphatic heterocycles. The van der Waals surface area contributed by atoms with E-state index < -0.39 is 0 Å². The molecule has 6 heavy (non-hydrogen) atoms. The molecule has 0 aliphatic rings. The van der Waals surface area contributed by atoms with Crippen LogP contribution in [0, 0.1) is 9.86 Å². The summed E-state index contributed by atoms with van der Waals surface area (Å²) >= 11 is 0.618. The van der Waals surface area contributed by atoms with Gasteiger partial charge in [0.1, 0.15) is 0 Å². The molecule has 0 bridgehead atoms. The van der Waals surface area contributed by atoms with Crippen molar-refractivity contribution in [3.05, 3.63) is 0 Å². The maximum atomic E-state index is 3.04. The topological polar surface area (TPSA) is 0 Å². The molecule has 0 aromatic carbocycles. The second kappa shape index (κ2) is 5.36. The summed E-state index contributed by atoms with van der Waals surface area (Å²) in [6.45, 7) is 2.15. The van der Waals surface area contributed by atoms with Gasteiger partial charge in [-0.3, -0.25) is 0 Å². The van der Waals surface area contributed by atoms with Gasteiger partial charge in [0.25, 0.3) is 0 Å². The van der Waals surface area contributed by atoms with Gasteiger partial charge in [-0.05, 0) is 0 Å². The van der Waals surface area contributed by atoms with Crippen LogP contribution < -0.4 is 0 Å². The Morgan fingerprint density at radius 1 is 1.67 bits per heavy atom. The summed E-state index contributed by atoms with van der Waals surface area (Å²) in [5.41, 5.74) is 0. The Labute approximate surface area is 52.4 Å². The van der Waals surface area contributed by atoms with Crippen molar-refractivity contribution in [1.82, 2.24) is 0 Å². The molecule has 0 fully saturated rings. The summed E-state index contributed by atoms with van der Waals surface area (Å²) in [6.07, 6.45) is 2.32. The fraction of sp³-hybridized carbons (Fsp3) is 0.600.